The van der Waals surface area contributed by atoms with E-state index in [4.69, 9.17) is 9.47 Å². The molecule has 3 aromatic rings. The Bertz CT molecular complexity index is 930. The van der Waals surface area contributed by atoms with E-state index in [1.54, 1.807) is 0 Å². The second-order valence-corrected chi connectivity index (χ2v) is 8.00. The van der Waals surface area contributed by atoms with E-state index < -0.39 is 0 Å². The zero-order valence-electron chi connectivity index (χ0n) is 18.8. The SMILES string of the molecule is C=CC(CC)(CCCc1cccc(Oc2ccccc2)c1)c1ccc(OCCC)cc1. The van der Waals surface area contributed by atoms with Crippen LogP contribution in [0.5, 0.6) is 17.2 Å². The molecule has 0 amide bonds. The molecular weight excluding hydrogens is 380 g/mol. The maximum Gasteiger partial charge on any atom is 0.127 e. The van der Waals surface area contributed by atoms with Gasteiger partial charge in [-0.05, 0) is 79.6 Å². The van der Waals surface area contributed by atoms with E-state index in [0.717, 1.165) is 56.0 Å². The molecule has 0 bridgehead atoms. The smallest absolute Gasteiger partial charge is 0.127 e. The summed E-state index contributed by atoms with van der Waals surface area (Å²) in [7, 11) is 0. The van der Waals surface area contributed by atoms with Crippen molar-refractivity contribution in [1.82, 2.24) is 0 Å². The first-order valence-corrected chi connectivity index (χ1v) is 11.4. The van der Waals surface area contributed by atoms with E-state index in [9.17, 15) is 0 Å². The highest BCUT2D eigenvalue weighted by Gasteiger charge is 2.26. The Kier molecular flexibility index (Phi) is 8.35. The lowest BCUT2D eigenvalue weighted by Gasteiger charge is -2.30. The number of hydrogen-bond acceptors (Lipinski definition) is 2. The number of para-hydroxylation sites is 1. The van der Waals surface area contributed by atoms with Crippen molar-refractivity contribution >= 4 is 0 Å². The van der Waals surface area contributed by atoms with Gasteiger partial charge in [0.2, 0.25) is 0 Å². The molecule has 162 valence electrons. The predicted molar refractivity (Wildman–Crippen MR) is 130 cm³/mol. The molecule has 3 aromatic carbocycles. The minimum Gasteiger partial charge on any atom is -0.494 e. The topological polar surface area (TPSA) is 18.5 Å². The third-order valence-electron chi connectivity index (χ3n) is 5.89. The largest absolute Gasteiger partial charge is 0.494 e. The van der Waals surface area contributed by atoms with Crippen LogP contribution in [0.4, 0.5) is 0 Å². The van der Waals surface area contributed by atoms with Gasteiger partial charge in [0.05, 0.1) is 6.61 Å². The fourth-order valence-electron chi connectivity index (χ4n) is 3.99. The molecule has 0 saturated heterocycles. The van der Waals surface area contributed by atoms with Gasteiger partial charge in [0, 0.05) is 5.41 Å². The van der Waals surface area contributed by atoms with E-state index in [1.165, 1.54) is 11.1 Å². The Balaban J connectivity index is 1.63. The zero-order valence-corrected chi connectivity index (χ0v) is 18.8. The van der Waals surface area contributed by atoms with Crippen molar-refractivity contribution in [2.45, 2.75) is 51.4 Å². The Morgan fingerprint density at radius 2 is 1.58 bits per heavy atom. The van der Waals surface area contributed by atoms with Crippen molar-refractivity contribution < 1.29 is 9.47 Å². The molecule has 31 heavy (non-hydrogen) atoms. The quantitative estimate of drug-likeness (QED) is 0.279. The van der Waals surface area contributed by atoms with Crippen molar-refractivity contribution in [2.75, 3.05) is 6.61 Å². The van der Waals surface area contributed by atoms with Crippen molar-refractivity contribution in [1.29, 1.82) is 0 Å². The average molecular weight is 415 g/mol. The van der Waals surface area contributed by atoms with Crippen LogP contribution < -0.4 is 9.47 Å². The van der Waals surface area contributed by atoms with Gasteiger partial charge in [-0.1, -0.05) is 62.4 Å². The van der Waals surface area contributed by atoms with Gasteiger partial charge >= 0.3 is 0 Å². The first-order chi connectivity index (χ1) is 15.2. The van der Waals surface area contributed by atoms with Crippen LogP contribution in [0.2, 0.25) is 0 Å². The molecule has 3 rings (SSSR count). The molecule has 0 fully saturated rings. The average Bonchev–Trinajstić information content (AvgIpc) is 2.82. The van der Waals surface area contributed by atoms with Crippen LogP contribution in [0.15, 0.2) is 91.5 Å². The number of benzene rings is 3. The van der Waals surface area contributed by atoms with Gasteiger partial charge in [0.25, 0.3) is 0 Å². The number of allylic oxidation sites excluding steroid dienone is 1. The third-order valence-corrected chi connectivity index (χ3v) is 5.89. The van der Waals surface area contributed by atoms with Crippen LogP contribution in [0.25, 0.3) is 0 Å². The molecule has 0 aromatic heterocycles. The highest BCUT2D eigenvalue weighted by Crippen LogP contribution is 2.36. The maximum atomic E-state index is 5.99. The minimum absolute atomic E-state index is 0.0125. The van der Waals surface area contributed by atoms with Gasteiger partial charge in [0.1, 0.15) is 17.2 Å². The fraction of sp³-hybridized carbons (Fsp3) is 0.310. The lowest BCUT2D eigenvalue weighted by molar-refractivity contribution is 0.317. The molecule has 0 heterocycles. The molecule has 1 atom stereocenters. The van der Waals surface area contributed by atoms with Gasteiger partial charge in [0.15, 0.2) is 0 Å². The first-order valence-electron chi connectivity index (χ1n) is 11.4. The number of aryl methyl sites for hydroxylation is 1. The summed E-state index contributed by atoms with van der Waals surface area (Å²) in [6, 6.07) is 26.9. The zero-order chi connectivity index (χ0) is 21.9. The van der Waals surface area contributed by atoms with Crippen molar-refractivity contribution in [2.24, 2.45) is 0 Å². The van der Waals surface area contributed by atoms with Gasteiger partial charge in [-0.15, -0.1) is 6.58 Å². The van der Waals surface area contributed by atoms with Crippen molar-refractivity contribution in [3.05, 3.63) is 103 Å². The number of hydrogen-bond donors (Lipinski definition) is 0. The molecule has 0 aliphatic heterocycles. The maximum absolute atomic E-state index is 5.99. The predicted octanol–water partition coefficient (Wildman–Crippen LogP) is 8.12. The Morgan fingerprint density at radius 1 is 0.839 bits per heavy atom. The molecule has 2 nitrogen and oxygen atoms in total. The lowest BCUT2D eigenvalue weighted by atomic mass is 9.74. The van der Waals surface area contributed by atoms with Crippen LogP contribution in [-0.4, -0.2) is 6.61 Å². The molecule has 0 aliphatic rings. The van der Waals surface area contributed by atoms with Crippen molar-refractivity contribution in [3.63, 3.8) is 0 Å². The molecule has 0 saturated carbocycles. The van der Waals surface area contributed by atoms with Gasteiger partial charge in [-0.25, -0.2) is 0 Å². The van der Waals surface area contributed by atoms with E-state index >= 15 is 0 Å². The highest BCUT2D eigenvalue weighted by molar-refractivity contribution is 5.36. The Morgan fingerprint density at radius 3 is 2.26 bits per heavy atom. The van der Waals surface area contributed by atoms with E-state index in [2.05, 4.69) is 69.0 Å². The van der Waals surface area contributed by atoms with Crippen LogP contribution in [0, 0.1) is 0 Å². The van der Waals surface area contributed by atoms with Crippen molar-refractivity contribution in [3.8, 4) is 17.2 Å². The fourth-order valence-corrected chi connectivity index (χ4v) is 3.99. The minimum atomic E-state index is -0.0125. The van der Waals surface area contributed by atoms with Gasteiger partial charge < -0.3 is 9.47 Å². The highest BCUT2D eigenvalue weighted by atomic mass is 16.5. The summed E-state index contributed by atoms with van der Waals surface area (Å²) >= 11 is 0. The van der Waals surface area contributed by atoms with Gasteiger partial charge in [-0.2, -0.15) is 0 Å². The second-order valence-electron chi connectivity index (χ2n) is 8.00. The summed E-state index contributed by atoms with van der Waals surface area (Å²) in [6.45, 7) is 9.31. The monoisotopic (exact) mass is 414 g/mol. The normalized spacial score (nSPS) is 12.7. The lowest BCUT2D eigenvalue weighted by Crippen LogP contribution is -2.22. The van der Waals surface area contributed by atoms with Crippen LogP contribution in [0.1, 0.15) is 50.7 Å². The molecule has 1 unspecified atom stereocenters. The van der Waals surface area contributed by atoms with Crippen LogP contribution >= 0.6 is 0 Å². The summed E-state index contributed by atoms with van der Waals surface area (Å²) in [5.41, 5.74) is 2.60. The number of rotatable bonds is 12. The summed E-state index contributed by atoms with van der Waals surface area (Å²) in [5.74, 6) is 2.69. The van der Waals surface area contributed by atoms with E-state index in [1.807, 2.05) is 36.4 Å². The molecule has 0 N–H and O–H groups in total. The summed E-state index contributed by atoms with van der Waals surface area (Å²) in [4.78, 5) is 0. The standard InChI is InChI=1S/C29H34O2/c1-4-22-30-26-19-17-25(18-20-26)29(5-2,6-3)21-11-13-24-12-10-16-28(23-24)31-27-14-8-7-9-15-27/h5,7-10,12,14-20,23H,2,4,6,11,13,21-22H2,1,3H3. The van der Waals surface area contributed by atoms with Gasteiger partial charge in [-0.3, -0.25) is 0 Å². The second kappa shape index (κ2) is 11.4. The van der Waals surface area contributed by atoms with E-state index in [0.29, 0.717) is 0 Å². The molecule has 2 heteroatoms. The van der Waals surface area contributed by atoms with Crippen LogP contribution in [0.3, 0.4) is 0 Å². The number of ether oxygens (including phenoxy) is 2. The Labute approximate surface area is 187 Å². The Hall–Kier alpha value is -3.00. The molecule has 0 aliphatic carbocycles. The summed E-state index contributed by atoms with van der Waals surface area (Å²) in [6.07, 6.45) is 7.34. The molecular formula is C29H34O2. The third kappa shape index (κ3) is 6.24. The summed E-state index contributed by atoms with van der Waals surface area (Å²) in [5, 5.41) is 0. The summed E-state index contributed by atoms with van der Waals surface area (Å²) < 4.78 is 11.7. The first kappa shape index (κ1) is 22.7. The van der Waals surface area contributed by atoms with E-state index in [-0.39, 0.29) is 5.41 Å². The van der Waals surface area contributed by atoms with Crippen LogP contribution in [-0.2, 0) is 11.8 Å². The molecule has 0 spiro atoms. The molecule has 0 radical (unpaired) electrons.